The number of nitrogens with zero attached hydrogens (tertiary/aromatic N) is 10. The number of nitro groups is 2. The molecular formula is C58H62N10O20S2. The second kappa shape index (κ2) is 27.6. The van der Waals surface area contributed by atoms with E-state index in [0.29, 0.717) is 68.5 Å². The maximum absolute atomic E-state index is 13.9. The summed E-state index contributed by atoms with van der Waals surface area (Å²) in [6.45, 7) is 2.43. The Morgan fingerprint density at radius 3 is 1.18 bits per heavy atom. The summed E-state index contributed by atoms with van der Waals surface area (Å²) in [5.74, 6) is 2.69. The van der Waals surface area contributed by atoms with Gasteiger partial charge in [-0.1, -0.05) is 12.1 Å². The standard InChI is InChI=1S/2C29H31N5O10S/c2*1-18-7-12-25(44-18)28-31-30-26(33(28)27-23(41-2)5-4-6-24(27)42-3)17-45(39,40)22-13-21(35)14-32(15-22)29(36)43-16-19-8-10-20(11-9-19)34(37)38/h2*4-12,21-22,35H,13-17H2,1-3H3/t2*21-,22+/m10/s1. The molecule has 0 bridgehead atoms. The molecule has 2 amide bonds. The summed E-state index contributed by atoms with van der Waals surface area (Å²) >= 11 is 0. The van der Waals surface area contributed by atoms with Crippen LogP contribution in [-0.4, -0.2) is 166 Å². The van der Waals surface area contributed by atoms with Crippen LogP contribution in [0.1, 0.15) is 47.1 Å². The molecule has 6 heterocycles. The molecule has 8 aromatic rings. The van der Waals surface area contributed by atoms with Crippen molar-refractivity contribution >= 4 is 43.2 Å². The molecule has 4 atom stereocenters. The number of aliphatic hydroxyl groups is 2. The predicted molar refractivity (Wildman–Crippen MR) is 318 cm³/mol. The predicted octanol–water partition coefficient (Wildman–Crippen LogP) is 6.90. The Balaban J connectivity index is 0.000000213. The van der Waals surface area contributed by atoms with E-state index >= 15 is 0 Å². The summed E-state index contributed by atoms with van der Waals surface area (Å²) in [5.41, 5.74) is 1.52. The monoisotopic (exact) mass is 1280 g/mol. The van der Waals surface area contributed by atoms with Gasteiger partial charge in [0.1, 0.15) is 70.6 Å². The molecule has 2 fully saturated rings. The van der Waals surface area contributed by atoms with Crippen LogP contribution in [0.15, 0.2) is 118 Å². The highest BCUT2D eigenvalue weighted by molar-refractivity contribution is 7.91. The molecule has 0 radical (unpaired) electrons. The van der Waals surface area contributed by atoms with Crippen molar-refractivity contribution in [3.05, 3.63) is 164 Å². The van der Waals surface area contributed by atoms with Crippen LogP contribution in [0.25, 0.3) is 34.5 Å². The van der Waals surface area contributed by atoms with Gasteiger partial charge < -0.3 is 57.3 Å². The fourth-order valence-electron chi connectivity index (χ4n) is 10.2. The molecule has 0 aliphatic carbocycles. The summed E-state index contributed by atoms with van der Waals surface area (Å²) in [5, 5.41) is 57.5. The maximum atomic E-state index is 13.9. The van der Waals surface area contributed by atoms with Crippen LogP contribution in [-0.2, 0) is 53.9 Å². The van der Waals surface area contributed by atoms with Gasteiger partial charge in [-0.15, -0.1) is 20.4 Å². The van der Waals surface area contributed by atoms with Crippen molar-refractivity contribution < 1.29 is 83.7 Å². The molecule has 0 saturated carbocycles. The normalized spacial score (nSPS) is 16.8. The Labute approximate surface area is 514 Å². The number of ether oxygens (including phenoxy) is 6. The lowest BCUT2D eigenvalue weighted by Crippen LogP contribution is -2.51. The van der Waals surface area contributed by atoms with E-state index in [-0.39, 0.29) is 86.9 Å². The number of carbonyl (C=O) groups excluding carboxylic acids is 2. The first-order valence-corrected chi connectivity index (χ1v) is 31.0. The number of amides is 2. The van der Waals surface area contributed by atoms with E-state index in [9.17, 15) is 56.9 Å². The highest BCUT2D eigenvalue weighted by Crippen LogP contribution is 2.40. The number of β-amino-alcohol motifs (C(OH)–C–C–N with tert-alkyl or cyclic N) is 2. The Hall–Kier alpha value is -9.92. The molecule has 2 N–H and O–H groups in total. The van der Waals surface area contributed by atoms with E-state index in [1.54, 1.807) is 74.5 Å². The Morgan fingerprint density at radius 2 is 0.878 bits per heavy atom. The number of methoxy groups -OCH3 is 4. The first kappa shape index (κ1) is 64.6. The molecule has 90 heavy (non-hydrogen) atoms. The molecular weight excluding hydrogens is 1220 g/mol. The summed E-state index contributed by atoms with van der Waals surface area (Å²) in [7, 11) is -2.25. The molecule has 476 valence electrons. The van der Waals surface area contributed by atoms with E-state index in [2.05, 4.69) is 20.4 Å². The molecule has 0 spiro atoms. The molecule has 2 aliphatic rings. The average molecular weight is 1280 g/mol. The van der Waals surface area contributed by atoms with E-state index in [0.717, 1.165) is 9.80 Å². The fourth-order valence-corrected chi connectivity index (χ4v) is 13.6. The van der Waals surface area contributed by atoms with Crippen LogP contribution < -0.4 is 18.9 Å². The molecule has 2 saturated heterocycles. The lowest BCUT2D eigenvalue weighted by Gasteiger charge is -2.34. The SMILES string of the molecule is COc1cccc(OC)c1-n1c(CS(=O)(=O)[C@@H]2C[C@H](O)CN(C(=O)OCc3ccc([N+](=O)[O-])cc3)C2)nnc1-c1ccc(C)o1.COc1cccc(OC)c1-n1c(CS(=O)(=O)[C@H]2C[C@@H](O)CN(C(=O)OCc3ccc([N+](=O)[O-])cc3)C2)nnc1-c1ccc(C)o1. The zero-order chi connectivity index (χ0) is 64.6. The minimum Gasteiger partial charge on any atom is -0.494 e. The number of non-ortho nitro benzene ring substituents is 2. The van der Waals surface area contributed by atoms with Gasteiger partial charge in [0.2, 0.25) is 11.6 Å². The van der Waals surface area contributed by atoms with E-state index < -0.39 is 75.9 Å². The number of hydrogen-bond donors (Lipinski definition) is 2. The molecule has 0 unspecified atom stereocenters. The number of rotatable bonds is 20. The zero-order valence-electron chi connectivity index (χ0n) is 49.3. The highest BCUT2D eigenvalue weighted by Gasteiger charge is 2.41. The van der Waals surface area contributed by atoms with Crippen molar-refractivity contribution in [1.29, 1.82) is 0 Å². The summed E-state index contributed by atoms with van der Waals surface area (Å²) in [4.78, 5) is 48.7. The minimum atomic E-state index is -4.06. The number of para-hydroxylation sites is 2. The lowest BCUT2D eigenvalue weighted by atomic mass is 10.1. The number of sulfone groups is 2. The number of carbonyl (C=O) groups is 2. The highest BCUT2D eigenvalue weighted by atomic mass is 32.2. The number of piperidine rings is 2. The third-order valence-corrected chi connectivity index (χ3v) is 18.7. The number of hydrogen-bond acceptors (Lipinski definition) is 24. The Morgan fingerprint density at radius 1 is 0.533 bits per heavy atom. The zero-order valence-corrected chi connectivity index (χ0v) is 50.9. The largest absolute Gasteiger partial charge is 0.494 e. The second-order valence-corrected chi connectivity index (χ2v) is 25.4. The number of benzene rings is 4. The summed E-state index contributed by atoms with van der Waals surface area (Å²) in [6.07, 6.45) is -4.12. The van der Waals surface area contributed by atoms with Crippen LogP contribution in [0.3, 0.4) is 0 Å². The summed E-state index contributed by atoms with van der Waals surface area (Å²) < 4.78 is 103. The minimum absolute atomic E-state index is 0.0363. The van der Waals surface area contributed by atoms with Gasteiger partial charge in [0.25, 0.3) is 11.4 Å². The van der Waals surface area contributed by atoms with E-state index in [1.165, 1.54) is 86.1 Å². The number of nitro benzene ring substituents is 2. The van der Waals surface area contributed by atoms with Crippen molar-refractivity contribution in [3.8, 4) is 57.5 Å². The molecule has 10 rings (SSSR count). The van der Waals surface area contributed by atoms with Crippen molar-refractivity contribution in [2.45, 2.75) is 74.1 Å². The Kier molecular flexibility index (Phi) is 19.8. The summed E-state index contributed by atoms with van der Waals surface area (Å²) in [6, 6.07) is 28.0. The first-order chi connectivity index (χ1) is 43.0. The number of aliphatic hydroxyl groups excluding tert-OH is 2. The molecule has 2 aliphatic heterocycles. The van der Waals surface area contributed by atoms with E-state index in [4.69, 9.17) is 37.3 Å². The number of aryl methyl sites for hydroxylation is 2. The second-order valence-electron chi connectivity index (χ2n) is 20.8. The topological polar surface area (TPSA) is 379 Å². The van der Waals surface area contributed by atoms with Crippen LogP contribution in [0.5, 0.6) is 23.0 Å². The van der Waals surface area contributed by atoms with Crippen LogP contribution in [0, 0.1) is 34.1 Å². The molecule has 32 heteroatoms. The van der Waals surface area contributed by atoms with E-state index in [1.807, 2.05) is 0 Å². The van der Waals surface area contributed by atoms with Gasteiger partial charge in [-0.2, -0.15) is 0 Å². The van der Waals surface area contributed by atoms with Gasteiger partial charge in [0, 0.05) is 37.4 Å². The molecule has 4 aromatic carbocycles. The lowest BCUT2D eigenvalue weighted by molar-refractivity contribution is -0.385. The van der Waals surface area contributed by atoms with Crippen molar-refractivity contribution in [3.63, 3.8) is 0 Å². The maximum Gasteiger partial charge on any atom is 0.410 e. The van der Waals surface area contributed by atoms with Crippen LogP contribution >= 0.6 is 0 Å². The smallest absolute Gasteiger partial charge is 0.410 e. The van der Waals surface area contributed by atoms with Gasteiger partial charge in [0.15, 0.2) is 42.8 Å². The van der Waals surface area contributed by atoms with Crippen molar-refractivity contribution in [1.82, 2.24) is 39.3 Å². The third-order valence-electron chi connectivity index (χ3n) is 14.6. The number of likely N-dealkylation sites (tertiary alicyclic amines) is 2. The van der Waals surface area contributed by atoms with Gasteiger partial charge >= 0.3 is 12.2 Å². The fraction of sp³-hybridized carbons (Fsp3) is 0.345. The molecule has 30 nitrogen and oxygen atoms in total. The quantitative estimate of drug-likeness (QED) is 0.0579. The van der Waals surface area contributed by atoms with Gasteiger partial charge in [-0.25, -0.2) is 26.4 Å². The molecule has 4 aromatic heterocycles. The van der Waals surface area contributed by atoms with Crippen molar-refractivity contribution in [2.24, 2.45) is 0 Å². The van der Waals surface area contributed by atoms with Gasteiger partial charge in [-0.05, 0) is 111 Å². The third kappa shape index (κ3) is 14.6. The number of aromatic nitrogens is 6. The van der Waals surface area contributed by atoms with Gasteiger partial charge in [-0.3, -0.25) is 29.4 Å². The first-order valence-electron chi connectivity index (χ1n) is 27.5. The van der Waals surface area contributed by atoms with Gasteiger partial charge in [0.05, 0.1) is 74.1 Å². The number of furan rings is 2. The van der Waals surface area contributed by atoms with Crippen molar-refractivity contribution in [2.75, 3.05) is 54.6 Å². The van der Waals surface area contributed by atoms with Crippen LogP contribution in [0.2, 0.25) is 0 Å². The Bertz CT molecular complexity index is 3820. The average Bonchev–Trinajstić information content (AvgIpc) is 2.47. The van der Waals surface area contributed by atoms with Crippen LogP contribution in [0.4, 0.5) is 21.0 Å².